The molecule has 0 amide bonds. The number of piperidine rings is 1. The van der Waals surface area contributed by atoms with Crippen LogP contribution in [-0.2, 0) is 16.6 Å². The van der Waals surface area contributed by atoms with Crippen molar-refractivity contribution in [2.24, 2.45) is 5.92 Å². The lowest BCUT2D eigenvalue weighted by atomic mass is 9.97. The van der Waals surface area contributed by atoms with Crippen LogP contribution >= 0.6 is 0 Å². The molecule has 0 bridgehead atoms. The van der Waals surface area contributed by atoms with Gasteiger partial charge in [-0.05, 0) is 55.8 Å². The molecule has 1 aromatic rings. The predicted octanol–water partition coefficient (Wildman–Crippen LogP) is 2.20. The molecule has 1 fully saturated rings. The van der Waals surface area contributed by atoms with Gasteiger partial charge in [0.05, 0.1) is 6.26 Å². The summed E-state index contributed by atoms with van der Waals surface area (Å²) in [6.45, 7) is 6.63. The Kier molecular flexibility index (Phi) is 5.58. The molecule has 124 valence electrons. The summed E-state index contributed by atoms with van der Waals surface area (Å²) < 4.78 is 39.0. The van der Waals surface area contributed by atoms with E-state index in [1.165, 1.54) is 6.26 Å². The molecule has 1 atom stereocenters. The van der Waals surface area contributed by atoms with Gasteiger partial charge >= 0.3 is 0 Å². The second-order valence-corrected chi connectivity index (χ2v) is 8.18. The number of halogens is 1. The Morgan fingerprint density at radius 1 is 1.36 bits per heavy atom. The van der Waals surface area contributed by atoms with Crippen LogP contribution in [0.3, 0.4) is 0 Å². The van der Waals surface area contributed by atoms with Gasteiger partial charge in [-0.3, -0.25) is 4.90 Å². The highest BCUT2D eigenvalue weighted by molar-refractivity contribution is 7.88. The Morgan fingerprint density at radius 3 is 2.77 bits per heavy atom. The molecule has 1 aliphatic rings. The highest BCUT2D eigenvalue weighted by Crippen LogP contribution is 2.22. The summed E-state index contributed by atoms with van der Waals surface area (Å²) in [6.07, 6.45) is 3.26. The van der Waals surface area contributed by atoms with Crippen LogP contribution < -0.4 is 4.72 Å². The zero-order valence-electron chi connectivity index (χ0n) is 13.5. The second kappa shape index (κ2) is 7.06. The van der Waals surface area contributed by atoms with Gasteiger partial charge in [-0.2, -0.15) is 0 Å². The van der Waals surface area contributed by atoms with E-state index in [1.807, 2.05) is 19.1 Å². The van der Waals surface area contributed by atoms with Crippen molar-refractivity contribution in [2.75, 3.05) is 25.9 Å². The zero-order valence-corrected chi connectivity index (χ0v) is 14.3. The van der Waals surface area contributed by atoms with Crippen LogP contribution in [0.2, 0.25) is 0 Å². The van der Waals surface area contributed by atoms with E-state index in [0.29, 0.717) is 18.0 Å². The molecule has 1 saturated heterocycles. The Bertz CT molecular complexity index is 631. The SMILES string of the molecule is Cc1ccc(CN2CCC[C@H](CNS(C)(=O)=O)C2)c(C)c1F. The summed E-state index contributed by atoms with van der Waals surface area (Å²) in [7, 11) is -3.14. The van der Waals surface area contributed by atoms with Gasteiger partial charge in [-0.25, -0.2) is 17.5 Å². The number of rotatable bonds is 5. The van der Waals surface area contributed by atoms with Gasteiger partial charge in [0.15, 0.2) is 0 Å². The van der Waals surface area contributed by atoms with E-state index in [9.17, 15) is 12.8 Å². The Morgan fingerprint density at radius 2 is 2.09 bits per heavy atom. The molecule has 1 aromatic carbocycles. The molecule has 22 heavy (non-hydrogen) atoms. The number of benzene rings is 1. The number of nitrogens with zero attached hydrogens (tertiary/aromatic N) is 1. The summed E-state index contributed by atoms with van der Waals surface area (Å²) in [5, 5.41) is 0. The van der Waals surface area contributed by atoms with E-state index < -0.39 is 10.0 Å². The maximum absolute atomic E-state index is 14.0. The molecular formula is C16H25FN2O2S. The Hall–Kier alpha value is -0.980. The van der Waals surface area contributed by atoms with Gasteiger partial charge in [0.2, 0.25) is 10.0 Å². The molecule has 0 radical (unpaired) electrons. The van der Waals surface area contributed by atoms with Crippen molar-refractivity contribution in [3.05, 3.63) is 34.6 Å². The average Bonchev–Trinajstić information content (AvgIpc) is 2.46. The molecule has 0 spiro atoms. The Labute approximate surface area is 132 Å². The third-order valence-corrected chi connectivity index (χ3v) is 5.01. The standard InChI is InChI=1S/C16H25FN2O2S/c1-12-6-7-15(13(2)16(12)17)11-19-8-4-5-14(10-19)9-18-22(3,20)21/h6-7,14,18H,4-5,8-11H2,1-3H3/t14-/m1/s1. The lowest BCUT2D eigenvalue weighted by Gasteiger charge is -2.33. The smallest absolute Gasteiger partial charge is 0.208 e. The van der Waals surface area contributed by atoms with E-state index in [4.69, 9.17) is 0 Å². The largest absolute Gasteiger partial charge is 0.299 e. The van der Waals surface area contributed by atoms with Gasteiger partial charge < -0.3 is 0 Å². The highest BCUT2D eigenvalue weighted by atomic mass is 32.2. The number of hydrogen-bond acceptors (Lipinski definition) is 3. The fraction of sp³-hybridized carbons (Fsp3) is 0.625. The minimum Gasteiger partial charge on any atom is -0.299 e. The van der Waals surface area contributed by atoms with Gasteiger partial charge in [0.1, 0.15) is 5.82 Å². The van der Waals surface area contributed by atoms with Crippen LogP contribution in [0, 0.1) is 25.6 Å². The fourth-order valence-electron chi connectivity index (χ4n) is 3.00. The molecule has 0 saturated carbocycles. The molecule has 0 aliphatic carbocycles. The second-order valence-electron chi connectivity index (χ2n) is 6.34. The lowest BCUT2D eigenvalue weighted by molar-refractivity contribution is 0.168. The molecule has 0 unspecified atom stereocenters. The van der Waals surface area contributed by atoms with Crippen LogP contribution in [0.5, 0.6) is 0 Å². The van der Waals surface area contributed by atoms with E-state index in [-0.39, 0.29) is 5.82 Å². The Balaban J connectivity index is 1.97. The van der Waals surface area contributed by atoms with E-state index in [0.717, 1.165) is 43.6 Å². The summed E-state index contributed by atoms with van der Waals surface area (Å²) in [5.41, 5.74) is 2.41. The molecule has 1 aliphatic heterocycles. The molecular weight excluding hydrogens is 303 g/mol. The number of aryl methyl sites for hydroxylation is 1. The van der Waals surface area contributed by atoms with Crippen molar-refractivity contribution in [1.29, 1.82) is 0 Å². The van der Waals surface area contributed by atoms with E-state index >= 15 is 0 Å². The molecule has 4 nitrogen and oxygen atoms in total. The normalized spacial score (nSPS) is 20.3. The molecule has 1 heterocycles. The van der Waals surface area contributed by atoms with Crippen molar-refractivity contribution < 1.29 is 12.8 Å². The maximum Gasteiger partial charge on any atom is 0.208 e. The first-order valence-electron chi connectivity index (χ1n) is 7.68. The fourth-order valence-corrected chi connectivity index (χ4v) is 3.54. The number of hydrogen-bond donors (Lipinski definition) is 1. The third kappa shape index (κ3) is 4.76. The number of likely N-dealkylation sites (tertiary alicyclic amines) is 1. The summed E-state index contributed by atoms with van der Waals surface area (Å²) in [5.74, 6) is 0.198. The van der Waals surface area contributed by atoms with Crippen LogP contribution in [-0.4, -0.2) is 39.2 Å². The highest BCUT2D eigenvalue weighted by Gasteiger charge is 2.21. The van der Waals surface area contributed by atoms with Crippen molar-refractivity contribution >= 4 is 10.0 Å². The average molecular weight is 328 g/mol. The van der Waals surface area contributed by atoms with Crippen LogP contribution in [0.4, 0.5) is 4.39 Å². The van der Waals surface area contributed by atoms with Crippen molar-refractivity contribution in [3.8, 4) is 0 Å². The molecule has 6 heteroatoms. The first kappa shape index (κ1) is 17.4. The van der Waals surface area contributed by atoms with E-state index in [2.05, 4.69) is 9.62 Å². The summed E-state index contributed by atoms with van der Waals surface area (Å²) in [4.78, 5) is 2.29. The van der Waals surface area contributed by atoms with Crippen molar-refractivity contribution in [1.82, 2.24) is 9.62 Å². The molecule has 2 rings (SSSR count). The monoisotopic (exact) mass is 328 g/mol. The van der Waals surface area contributed by atoms with Gasteiger partial charge in [-0.1, -0.05) is 12.1 Å². The number of nitrogens with one attached hydrogen (secondary N) is 1. The number of sulfonamides is 1. The quantitative estimate of drug-likeness (QED) is 0.901. The first-order valence-corrected chi connectivity index (χ1v) is 9.57. The van der Waals surface area contributed by atoms with Crippen molar-refractivity contribution in [3.63, 3.8) is 0 Å². The van der Waals surface area contributed by atoms with E-state index in [1.54, 1.807) is 6.92 Å². The molecule has 0 aromatic heterocycles. The van der Waals surface area contributed by atoms with Crippen LogP contribution in [0.15, 0.2) is 12.1 Å². The summed E-state index contributed by atoms with van der Waals surface area (Å²) in [6, 6.07) is 3.82. The van der Waals surface area contributed by atoms with Crippen LogP contribution in [0.25, 0.3) is 0 Å². The maximum atomic E-state index is 14.0. The van der Waals surface area contributed by atoms with Gasteiger partial charge in [0.25, 0.3) is 0 Å². The van der Waals surface area contributed by atoms with Crippen LogP contribution in [0.1, 0.15) is 29.5 Å². The minimum atomic E-state index is -3.14. The zero-order chi connectivity index (χ0) is 16.3. The lowest BCUT2D eigenvalue weighted by Crippen LogP contribution is -2.40. The predicted molar refractivity (Wildman–Crippen MR) is 86.7 cm³/mol. The van der Waals surface area contributed by atoms with Gasteiger partial charge in [0, 0.05) is 19.6 Å². The summed E-state index contributed by atoms with van der Waals surface area (Å²) >= 11 is 0. The first-order chi connectivity index (χ1) is 10.3. The van der Waals surface area contributed by atoms with Gasteiger partial charge in [-0.15, -0.1) is 0 Å². The topological polar surface area (TPSA) is 49.4 Å². The van der Waals surface area contributed by atoms with Crippen molar-refractivity contribution in [2.45, 2.75) is 33.2 Å². The third-order valence-electron chi connectivity index (χ3n) is 4.32. The minimum absolute atomic E-state index is 0.121. The molecule has 1 N–H and O–H groups in total.